The first-order valence-electron chi connectivity index (χ1n) is 7.04. The Labute approximate surface area is 133 Å². The molecule has 4 heteroatoms. The third-order valence-corrected chi connectivity index (χ3v) is 4.29. The fourth-order valence-electron chi connectivity index (χ4n) is 2.22. The molecule has 0 aliphatic rings. The highest BCUT2D eigenvalue weighted by molar-refractivity contribution is 7.19. The van der Waals surface area contributed by atoms with Gasteiger partial charge in [0, 0.05) is 12.5 Å². The first kappa shape index (κ1) is 14.5. The Bertz CT molecular complexity index is 792. The fraction of sp³-hybridized carbons (Fsp3) is 0.111. The van der Waals surface area contributed by atoms with Gasteiger partial charge in [0.2, 0.25) is 5.91 Å². The molecule has 0 unspecified atom stereocenters. The predicted octanol–water partition coefficient (Wildman–Crippen LogP) is 4.74. The number of carbonyl (C=O) groups is 1. The van der Waals surface area contributed by atoms with Gasteiger partial charge in [0.15, 0.2) is 5.13 Å². The third-order valence-electron chi connectivity index (χ3n) is 3.27. The molecule has 0 spiro atoms. The zero-order chi connectivity index (χ0) is 15.5. The van der Waals surface area contributed by atoms with Crippen molar-refractivity contribution in [2.75, 3.05) is 5.32 Å². The van der Waals surface area contributed by atoms with Gasteiger partial charge in [-0.2, -0.15) is 0 Å². The van der Waals surface area contributed by atoms with Crippen molar-refractivity contribution in [1.29, 1.82) is 0 Å². The normalized spacial score (nSPS) is 10.5. The monoisotopic (exact) mass is 308 g/mol. The van der Waals surface area contributed by atoms with Crippen molar-refractivity contribution < 1.29 is 4.79 Å². The first-order chi connectivity index (χ1) is 10.6. The average molecular weight is 308 g/mol. The van der Waals surface area contributed by atoms with Gasteiger partial charge in [-0.05, 0) is 12.5 Å². The minimum absolute atomic E-state index is 0.108. The highest BCUT2D eigenvalue weighted by Gasteiger charge is 2.15. The van der Waals surface area contributed by atoms with Crippen molar-refractivity contribution in [2.45, 2.75) is 13.8 Å². The molecule has 0 radical (unpaired) electrons. The van der Waals surface area contributed by atoms with E-state index in [0.717, 1.165) is 21.7 Å². The molecular formula is C18H16N2OS. The van der Waals surface area contributed by atoms with Gasteiger partial charge < -0.3 is 5.32 Å². The Morgan fingerprint density at radius 3 is 2.32 bits per heavy atom. The van der Waals surface area contributed by atoms with E-state index in [1.807, 2.05) is 18.2 Å². The number of hydrogen-bond acceptors (Lipinski definition) is 3. The number of aromatic nitrogens is 1. The van der Waals surface area contributed by atoms with Gasteiger partial charge in [-0.15, -0.1) is 0 Å². The lowest BCUT2D eigenvalue weighted by Crippen LogP contribution is -2.04. The summed E-state index contributed by atoms with van der Waals surface area (Å²) in [6, 6.07) is 18.4. The maximum absolute atomic E-state index is 11.3. The molecule has 110 valence electrons. The van der Waals surface area contributed by atoms with Crippen LogP contribution < -0.4 is 5.32 Å². The van der Waals surface area contributed by atoms with Gasteiger partial charge in [-0.3, -0.25) is 4.79 Å². The summed E-state index contributed by atoms with van der Waals surface area (Å²) in [6.45, 7) is 3.56. The summed E-state index contributed by atoms with van der Waals surface area (Å²) in [7, 11) is 0. The van der Waals surface area contributed by atoms with E-state index in [1.54, 1.807) is 0 Å². The van der Waals surface area contributed by atoms with Crippen LogP contribution in [0, 0.1) is 6.92 Å². The zero-order valence-electron chi connectivity index (χ0n) is 12.5. The molecule has 0 fully saturated rings. The third kappa shape index (κ3) is 3.07. The fourth-order valence-corrected chi connectivity index (χ4v) is 3.26. The van der Waals surface area contributed by atoms with Crippen LogP contribution in [0.15, 0.2) is 54.6 Å². The van der Waals surface area contributed by atoms with E-state index in [9.17, 15) is 4.79 Å². The second kappa shape index (κ2) is 6.12. The Hall–Kier alpha value is -2.46. The van der Waals surface area contributed by atoms with Crippen molar-refractivity contribution in [3.8, 4) is 21.7 Å². The lowest BCUT2D eigenvalue weighted by molar-refractivity contribution is -0.114. The number of carbonyl (C=O) groups excluding carboxylic acids is 1. The van der Waals surface area contributed by atoms with Gasteiger partial charge in [-0.25, -0.2) is 4.98 Å². The molecule has 1 N–H and O–H groups in total. The summed E-state index contributed by atoms with van der Waals surface area (Å²) in [5.41, 5.74) is 4.27. The minimum Gasteiger partial charge on any atom is -0.302 e. The smallest absolute Gasteiger partial charge is 0.223 e. The molecule has 0 aliphatic heterocycles. The number of nitrogens with one attached hydrogen (secondary N) is 1. The van der Waals surface area contributed by atoms with E-state index in [-0.39, 0.29) is 5.91 Å². The molecule has 2 aromatic carbocycles. The van der Waals surface area contributed by atoms with Crippen LogP contribution in [-0.4, -0.2) is 10.9 Å². The number of amides is 1. The molecule has 22 heavy (non-hydrogen) atoms. The van der Waals surface area contributed by atoms with Crippen LogP contribution in [0.3, 0.4) is 0 Å². The second-order valence-electron chi connectivity index (χ2n) is 5.11. The molecule has 3 aromatic rings. The standard InChI is InChI=1S/C18H16N2OS/c1-12-8-10-14(11-9-12)16-17(15-6-4-3-5-7-15)22-18(20-16)19-13(2)21/h3-11H,1-2H3,(H,19,20,21). The molecule has 0 bridgehead atoms. The molecule has 3 nitrogen and oxygen atoms in total. The molecule has 3 rings (SSSR count). The number of rotatable bonds is 3. The molecule has 1 heterocycles. The van der Waals surface area contributed by atoms with Crippen LogP contribution in [0.5, 0.6) is 0 Å². The van der Waals surface area contributed by atoms with Gasteiger partial charge in [0.05, 0.1) is 10.6 Å². The number of hydrogen-bond donors (Lipinski definition) is 1. The molecular weight excluding hydrogens is 292 g/mol. The van der Waals surface area contributed by atoms with Gasteiger partial charge in [0.1, 0.15) is 0 Å². The van der Waals surface area contributed by atoms with E-state index < -0.39 is 0 Å². The summed E-state index contributed by atoms with van der Waals surface area (Å²) in [5.74, 6) is -0.108. The van der Waals surface area contributed by atoms with Crippen LogP contribution in [-0.2, 0) is 4.79 Å². The van der Waals surface area contributed by atoms with E-state index in [4.69, 9.17) is 0 Å². The number of benzene rings is 2. The Morgan fingerprint density at radius 1 is 1.00 bits per heavy atom. The van der Waals surface area contributed by atoms with Crippen molar-refractivity contribution in [3.05, 3.63) is 60.2 Å². The largest absolute Gasteiger partial charge is 0.302 e. The predicted molar refractivity (Wildman–Crippen MR) is 92.0 cm³/mol. The maximum atomic E-state index is 11.3. The van der Waals surface area contributed by atoms with Crippen LogP contribution in [0.25, 0.3) is 21.7 Å². The number of nitrogens with zero attached hydrogens (tertiary/aromatic N) is 1. The van der Waals surface area contributed by atoms with Crippen molar-refractivity contribution in [1.82, 2.24) is 4.98 Å². The topological polar surface area (TPSA) is 42.0 Å². The Balaban J connectivity index is 2.12. The van der Waals surface area contributed by atoms with Crippen LogP contribution in [0.1, 0.15) is 12.5 Å². The average Bonchev–Trinajstić information content (AvgIpc) is 2.92. The van der Waals surface area contributed by atoms with Crippen LogP contribution in [0.4, 0.5) is 5.13 Å². The quantitative estimate of drug-likeness (QED) is 0.759. The second-order valence-corrected chi connectivity index (χ2v) is 6.11. The summed E-state index contributed by atoms with van der Waals surface area (Å²) in [5, 5.41) is 3.41. The summed E-state index contributed by atoms with van der Waals surface area (Å²) < 4.78 is 0. The first-order valence-corrected chi connectivity index (χ1v) is 7.86. The number of anilines is 1. The van der Waals surface area contributed by atoms with Gasteiger partial charge in [0.25, 0.3) is 0 Å². The van der Waals surface area contributed by atoms with E-state index in [1.165, 1.54) is 23.8 Å². The van der Waals surface area contributed by atoms with E-state index >= 15 is 0 Å². The lowest BCUT2D eigenvalue weighted by atomic mass is 10.1. The SMILES string of the molecule is CC(=O)Nc1nc(-c2ccc(C)cc2)c(-c2ccccc2)s1. The highest BCUT2D eigenvalue weighted by atomic mass is 32.1. The maximum Gasteiger partial charge on any atom is 0.223 e. The van der Waals surface area contributed by atoms with E-state index in [2.05, 4.69) is 53.6 Å². The van der Waals surface area contributed by atoms with Crippen molar-refractivity contribution >= 4 is 22.4 Å². The molecule has 0 saturated carbocycles. The Morgan fingerprint density at radius 2 is 1.68 bits per heavy atom. The lowest BCUT2D eigenvalue weighted by Gasteiger charge is -2.03. The van der Waals surface area contributed by atoms with Crippen LogP contribution in [0.2, 0.25) is 0 Å². The summed E-state index contributed by atoms with van der Waals surface area (Å²) >= 11 is 1.50. The van der Waals surface area contributed by atoms with E-state index in [0.29, 0.717) is 5.13 Å². The Kier molecular flexibility index (Phi) is 4.02. The van der Waals surface area contributed by atoms with Gasteiger partial charge in [-0.1, -0.05) is 71.5 Å². The molecule has 0 aliphatic carbocycles. The number of aryl methyl sites for hydroxylation is 1. The van der Waals surface area contributed by atoms with Gasteiger partial charge >= 0.3 is 0 Å². The van der Waals surface area contributed by atoms with Crippen molar-refractivity contribution in [2.24, 2.45) is 0 Å². The van der Waals surface area contributed by atoms with Crippen LogP contribution >= 0.6 is 11.3 Å². The summed E-state index contributed by atoms with van der Waals surface area (Å²) in [4.78, 5) is 17.0. The molecule has 1 amide bonds. The zero-order valence-corrected chi connectivity index (χ0v) is 13.3. The molecule has 1 aromatic heterocycles. The highest BCUT2D eigenvalue weighted by Crippen LogP contribution is 2.38. The van der Waals surface area contributed by atoms with Crippen molar-refractivity contribution in [3.63, 3.8) is 0 Å². The number of thiazole rings is 1. The molecule has 0 atom stereocenters. The summed E-state index contributed by atoms with van der Waals surface area (Å²) in [6.07, 6.45) is 0. The molecule has 0 saturated heterocycles. The minimum atomic E-state index is -0.108.